The summed E-state index contributed by atoms with van der Waals surface area (Å²) in [5.41, 5.74) is 1.56. The van der Waals surface area contributed by atoms with Crippen molar-refractivity contribution >= 4 is 45.0 Å². The van der Waals surface area contributed by atoms with Gasteiger partial charge in [0.25, 0.3) is 5.91 Å². The molecule has 1 aliphatic heterocycles. The van der Waals surface area contributed by atoms with Gasteiger partial charge < -0.3 is 10.2 Å². The lowest BCUT2D eigenvalue weighted by Crippen LogP contribution is -2.37. The lowest BCUT2D eigenvalue weighted by molar-refractivity contribution is -0.126. The molecule has 1 aromatic rings. The fourth-order valence-corrected chi connectivity index (χ4v) is 2.60. The lowest BCUT2D eigenvalue weighted by atomic mass is 10.1. The van der Waals surface area contributed by atoms with Gasteiger partial charge in [0.15, 0.2) is 0 Å². The first-order valence-corrected chi connectivity index (χ1v) is 6.98. The summed E-state index contributed by atoms with van der Waals surface area (Å²) in [5.74, 6) is -0.359. The highest BCUT2D eigenvalue weighted by Crippen LogP contribution is 2.37. The van der Waals surface area contributed by atoms with Crippen molar-refractivity contribution in [2.45, 2.75) is 13.0 Å². The molecule has 0 saturated heterocycles. The number of halogens is 2. The van der Waals surface area contributed by atoms with Crippen LogP contribution < -0.4 is 10.2 Å². The molecule has 1 aliphatic rings. The van der Waals surface area contributed by atoms with E-state index < -0.39 is 6.04 Å². The molecule has 0 aliphatic carbocycles. The van der Waals surface area contributed by atoms with E-state index in [0.717, 1.165) is 11.3 Å². The number of amides is 2. The molecule has 0 aromatic heterocycles. The third-order valence-electron chi connectivity index (χ3n) is 2.76. The number of benzene rings is 1. The first-order chi connectivity index (χ1) is 8.54. The fraction of sp³-hybridized carbons (Fsp3) is 0.333. The highest BCUT2D eigenvalue weighted by atomic mass is 79.9. The number of hydrogen-bond acceptors (Lipinski definition) is 2. The second-order valence-corrected chi connectivity index (χ2v) is 5.24. The number of carbonyl (C=O) groups excluding carboxylic acids is 2. The number of carbonyl (C=O) groups is 2. The number of nitrogens with one attached hydrogen (secondary N) is 1. The van der Waals surface area contributed by atoms with Crippen LogP contribution in [0.4, 0.5) is 5.69 Å². The van der Waals surface area contributed by atoms with Crippen LogP contribution in [0.3, 0.4) is 0 Å². The molecule has 0 radical (unpaired) electrons. The third-order valence-corrected chi connectivity index (χ3v) is 3.35. The largest absolute Gasteiger partial charge is 0.341 e. The summed E-state index contributed by atoms with van der Waals surface area (Å²) in [6.07, 6.45) is 0. The van der Waals surface area contributed by atoms with Crippen molar-refractivity contribution in [2.75, 3.05) is 16.8 Å². The maximum Gasteiger partial charge on any atom is 0.254 e. The van der Waals surface area contributed by atoms with E-state index in [1.165, 1.54) is 6.92 Å². The zero-order chi connectivity index (χ0) is 13.3. The van der Waals surface area contributed by atoms with E-state index in [4.69, 9.17) is 11.6 Å². The molecule has 96 valence electrons. The molecule has 2 amide bonds. The summed E-state index contributed by atoms with van der Waals surface area (Å²) in [7, 11) is 0. The smallest absolute Gasteiger partial charge is 0.254 e. The van der Waals surface area contributed by atoms with Crippen LogP contribution in [0.5, 0.6) is 0 Å². The zero-order valence-electron chi connectivity index (χ0n) is 9.74. The summed E-state index contributed by atoms with van der Waals surface area (Å²) < 4.78 is 0. The Morgan fingerprint density at radius 3 is 2.89 bits per heavy atom. The maximum atomic E-state index is 12.2. The topological polar surface area (TPSA) is 49.4 Å². The molecule has 1 aromatic carbocycles. The molecule has 0 bridgehead atoms. The van der Waals surface area contributed by atoms with Crippen LogP contribution >= 0.6 is 27.5 Å². The van der Waals surface area contributed by atoms with Gasteiger partial charge in [-0.3, -0.25) is 9.59 Å². The molecule has 0 spiro atoms. The normalized spacial score (nSPS) is 17.8. The maximum absolute atomic E-state index is 12.2. The molecule has 2 rings (SSSR count). The van der Waals surface area contributed by atoms with E-state index in [2.05, 4.69) is 21.2 Å². The van der Waals surface area contributed by atoms with E-state index in [0.29, 0.717) is 16.9 Å². The molecule has 1 atom stereocenters. The van der Waals surface area contributed by atoms with Gasteiger partial charge in [0, 0.05) is 35.1 Å². The second-order valence-electron chi connectivity index (χ2n) is 4.02. The van der Waals surface area contributed by atoms with E-state index in [9.17, 15) is 9.59 Å². The van der Waals surface area contributed by atoms with Crippen LogP contribution in [0, 0.1) is 0 Å². The van der Waals surface area contributed by atoms with Gasteiger partial charge in [-0.25, -0.2) is 0 Å². The van der Waals surface area contributed by atoms with Crippen LogP contribution in [0.1, 0.15) is 18.5 Å². The summed E-state index contributed by atoms with van der Waals surface area (Å²) in [4.78, 5) is 25.1. The molecule has 1 N–H and O–H groups in total. The van der Waals surface area contributed by atoms with Crippen molar-refractivity contribution < 1.29 is 9.59 Å². The van der Waals surface area contributed by atoms with E-state index in [1.807, 2.05) is 0 Å². The Labute approximate surface area is 118 Å². The number of hydrogen-bond donors (Lipinski definition) is 1. The average molecular weight is 332 g/mol. The van der Waals surface area contributed by atoms with Gasteiger partial charge in [-0.2, -0.15) is 0 Å². The summed E-state index contributed by atoms with van der Waals surface area (Å²) in [6.45, 7) is 1.95. The standard InChI is InChI=1S/C12H12BrClN2O2/c1-7(17)15-11-9-6-8(14)2-3-10(9)16(5-4-13)12(11)18/h2-3,6,11H,4-5H2,1H3,(H,15,17)/t11-/m1/s1. The van der Waals surface area contributed by atoms with E-state index >= 15 is 0 Å². The van der Waals surface area contributed by atoms with Crippen LogP contribution in [0.25, 0.3) is 0 Å². The summed E-state index contributed by atoms with van der Waals surface area (Å²) >= 11 is 9.26. The first kappa shape index (κ1) is 13.4. The number of rotatable bonds is 3. The van der Waals surface area contributed by atoms with Crippen molar-refractivity contribution in [1.29, 1.82) is 0 Å². The van der Waals surface area contributed by atoms with Gasteiger partial charge in [0.1, 0.15) is 6.04 Å². The molecule has 18 heavy (non-hydrogen) atoms. The van der Waals surface area contributed by atoms with Crippen LogP contribution in [-0.2, 0) is 9.59 Å². The van der Waals surface area contributed by atoms with E-state index in [1.54, 1.807) is 23.1 Å². The lowest BCUT2D eigenvalue weighted by Gasteiger charge is -2.16. The predicted octanol–water partition coefficient (Wildman–Crippen LogP) is 2.26. The van der Waals surface area contributed by atoms with Gasteiger partial charge in [-0.05, 0) is 18.2 Å². The first-order valence-electron chi connectivity index (χ1n) is 5.48. The fourth-order valence-electron chi connectivity index (χ4n) is 2.07. The molecular weight excluding hydrogens is 320 g/mol. The molecule has 0 unspecified atom stereocenters. The van der Waals surface area contributed by atoms with Crippen LogP contribution in [-0.4, -0.2) is 23.7 Å². The quantitative estimate of drug-likeness (QED) is 0.864. The minimum absolute atomic E-state index is 0.123. The summed E-state index contributed by atoms with van der Waals surface area (Å²) in [6, 6.07) is 4.64. The van der Waals surface area contributed by atoms with Gasteiger partial charge in [-0.1, -0.05) is 27.5 Å². The average Bonchev–Trinajstić information content (AvgIpc) is 2.54. The monoisotopic (exact) mass is 330 g/mol. The SMILES string of the molecule is CC(=O)N[C@H]1C(=O)N(CCBr)c2ccc(Cl)cc21. The Bertz CT molecular complexity index is 507. The number of nitrogens with zero attached hydrogens (tertiary/aromatic N) is 1. The molecule has 0 fully saturated rings. The van der Waals surface area contributed by atoms with Crippen molar-refractivity contribution in [3.63, 3.8) is 0 Å². The third kappa shape index (κ3) is 2.37. The Kier molecular flexibility index (Phi) is 3.92. The Morgan fingerprint density at radius 2 is 2.28 bits per heavy atom. The van der Waals surface area contributed by atoms with Crippen molar-refractivity contribution in [3.8, 4) is 0 Å². The number of anilines is 1. The molecular formula is C12H12BrClN2O2. The van der Waals surface area contributed by atoms with Crippen molar-refractivity contribution in [1.82, 2.24) is 5.32 Å². The second kappa shape index (κ2) is 5.28. The molecule has 1 heterocycles. The highest BCUT2D eigenvalue weighted by Gasteiger charge is 2.37. The van der Waals surface area contributed by atoms with Crippen LogP contribution in [0.2, 0.25) is 5.02 Å². The Balaban J connectivity index is 2.43. The minimum Gasteiger partial charge on any atom is -0.341 e. The highest BCUT2D eigenvalue weighted by molar-refractivity contribution is 9.09. The minimum atomic E-state index is -0.629. The number of alkyl halides is 1. The van der Waals surface area contributed by atoms with Crippen LogP contribution in [0.15, 0.2) is 18.2 Å². The predicted molar refractivity (Wildman–Crippen MR) is 74.2 cm³/mol. The van der Waals surface area contributed by atoms with Gasteiger partial charge in [0.2, 0.25) is 5.91 Å². The summed E-state index contributed by atoms with van der Waals surface area (Å²) in [5, 5.41) is 3.89. The number of fused-ring (bicyclic) bond motifs is 1. The zero-order valence-corrected chi connectivity index (χ0v) is 12.1. The molecule has 6 heteroatoms. The van der Waals surface area contributed by atoms with E-state index in [-0.39, 0.29) is 11.8 Å². The Hall–Kier alpha value is -1.07. The molecule has 0 saturated carbocycles. The van der Waals surface area contributed by atoms with Gasteiger partial charge in [-0.15, -0.1) is 0 Å². The van der Waals surface area contributed by atoms with Gasteiger partial charge >= 0.3 is 0 Å². The van der Waals surface area contributed by atoms with Gasteiger partial charge in [0.05, 0.1) is 0 Å². The van der Waals surface area contributed by atoms with Crippen molar-refractivity contribution in [3.05, 3.63) is 28.8 Å². The molecule has 4 nitrogen and oxygen atoms in total. The van der Waals surface area contributed by atoms with Crippen molar-refractivity contribution in [2.24, 2.45) is 0 Å². The Morgan fingerprint density at radius 1 is 1.56 bits per heavy atom.